The molecule has 2 rings (SSSR count). The van der Waals surface area contributed by atoms with Gasteiger partial charge in [0, 0.05) is 18.5 Å². The van der Waals surface area contributed by atoms with Crippen LogP contribution in [0.3, 0.4) is 0 Å². The molecule has 3 nitrogen and oxygen atoms in total. The van der Waals surface area contributed by atoms with Crippen LogP contribution in [0, 0.1) is 0 Å². The third-order valence-corrected chi connectivity index (χ3v) is 2.36. The summed E-state index contributed by atoms with van der Waals surface area (Å²) >= 11 is 3.31. The molecule has 0 saturated carbocycles. The van der Waals surface area contributed by atoms with Crippen molar-refractivity contribution in [3.8, 4) is 0 Å². The predicted molar refractivity (Wildman–Crippen MR) is 54.8 cm³/mol. The third kappa shape index (κ3) is 1.58. The fourth-order valence-corrected chi connectivity index (χ4v) is 1.54. The highest BCUT2D eigenvalue weighted by Crippen LogP contribution is 2.15. The quantitative estimate of drug-likeness (QED) is 0.766. The molecule has 0 aliphatic carbocycles. The summed E-state index contributed by atoms with van der Waals surface area (Å²) in [6.07, 6.45) is 3.91. The molecule has 0 unspecified atom stereocenters. The smallest absolute Gasteiger partial charge is 0.156 e. The highest BCUT2D eigenvalue weighted by Gasteiger charge is 2.03. The highest BCUT2D eigenvalue weighted by atomic mass is 79.9. The van der Waals surface area contributed by atoms with Crippen LogP contribution in [0.1, 0.15) is 25.3 Å². The lowest BCUT2D eigenvalue weighted by Gasteiger charge is -2.03. The number of aromatic nitrogens is 3. The molecule has 0 bridgehead atoms. The third-order valence-electron chi connectivity index (χ3n) is 1.97. The molecule has 0 radical (unpaired) electrons. The predicted octanol–water partition coefficient (Wildman–Crippen LogP) is 2.62. The molecule has 0 N–H and O–H groups in total. The van der Waals surface area contributed by atoms with Crippen molar-refractivity contribution < 1.29 is 0 Å². The topological polar surface area (TPSA) is 30.2 Å². The van der Waals surface area contributed by atoms with Crippen LogP contribution in [0.15, 0.2) is 23.1 Å². The van der Waals surface area contributed by atoms with E-state index >= 15 is 0 Å². The van der Waals surface area contributed by atoms with Gasteiger partial charge in [0.2, 0.25) is 0 Å². The van der Waals surface area contributed by atoms with Gasteiger partial charge in [0.25, 0.3) is 0 Å². The molecule has 4 heteroatoms. The van der Waals surface area contributed by atoms with Gasteiger partial charge in [0.05, 0.1) is 0 Å². The number of hydrogen-bond acceptors (Lipinski definition) is 2. The van der Waals surface area contributed by atoms with Gasteiger partial charge in [-0.05, 0) is 27.4 Å². The van der Waals surface area contributed by atoms with Crippen molar-refractivity contribution in [2.24, 2.45) is 0 Å². The molecule has 0 spiro atoms. The SMILES string of the molecule is CC(C)c1cnc2cc(Br)nn2c1. The van der Waals surface area contributed by atoms with Gasteiger partial charge in [0.15, 0.2) is 5.65 Å². The minimum Gasteiger partial charge on any atom is -0.237 e. The summed E-state index contributed by atoms with van der Waals surface area (Å²) in [5.41, 5.74) is 2.07. The summed E-state index contributed by atoms with van der Waals surface area (Å²) < 4.78 is 2.61. The van der Waals surface area contributed by atoms with E-state index in [0.29, 0.717) is 5.92 Å². The van der Waals surface area contributed by atoms with E-state index in [1.54, 1.807) is 4.52 Å². The van der Waals surface area contributed by atoms with Gasteiger partial charge >= 0.3 is 0 Å². The van der Waals surface area contributed by atoms with Crippen molar-refractivity contribution in [3.05, 3.63) is 28.6 Å². The summed E-state index contributed by atoms with van der Waals surface area (Å²) in [6, 6.07) is 1.89. The van der Waals surface area contributed by atoms with Crippen molar-refractivity contribution in [1.29, 1.82) is 0 Å². The van der Waals surface area contributed by atoms with Crippen LogP contribution in [0.25, 0.3) is 5.65 Å². The van der Waals surface area contributed by atoms with E-state index in [1.165, 1.54) is 5.56 Å². The van der Waals surface area contributed by atoms with Crippen LogP contribution in [0.4, 0.5) is 0 Å². The Labute approximate surface area is 84.9 Å². The number of nitrogens with zero attached hydrogens (tertiary/aromatic N) is 3. The molecule has 68 valence electrons. The van der Waals surface area contributed by atoms with E-state index in [2.05, 4.69) is 39.9 Å². The molecule has 2 aromatic rings. The summed E-state index contributed by atoms with van der Waals surface area (Å²) in [4.78, 5) is 4.29. The van der Waals surface area contributed by atoms with E-state index in [0.717, 1.165) is 10.3 Å². The maximum Gasteiger partial charge on any atom is 0.156 e. The summed E-state index contributed by atoms with van der Waals surface area (Å²) in [6.45, 7) is 4.28. The zero-order valence-corrected chi connectivity index (χ0v) is 9.12. The average Bonchev–Trinajstić information content (AvgIpc) is 2.42. The van der Waals surface area contributed by atoms with E-state index in [4.69, 9.17) is 0 Å². The fraction of sp³-hybridized carbons (Fsp3) is 0.333. The van der Waals surface area contributed by atoms with Crippen molar-refractivity contribution in [2.45, 2.75) is 19.8 Å². The number of rotatable bonds is 1. The molecule has 0 atom stereocenters. The maximum atomic E-state index is 4.29. The summed E-state index contributed by atoms with van der Waals surface area (Å²) in [5, 5.41) is 4.23. The zero-order valence-electron chi connectivity index (χ0n) is 7.53. The Hall–Kier alpha value is -0.900. The minimum atomic E-state index is 0.486. The highest BCUT2D eigenvalue weighted by molar-refractivity contribution is 9.10. The Morgan fingerprint density at radius 3 is 2.92 bits per heavy atom. The molecule has 0 saturated heterocycles. The second-order valence-electron chi connectivity index (χ2n) is 3.31. The largest absolute Gasteiger partial charge is 0.237 e. The molecule has 2 aromatic heterocycles. The molecule has 2 heterocycles. The maximum absolute atomic E-state index is 4.29. The standard InChI is InChI=1S/C9H10BrN3/c1-6(2)7-4-11-9-3-8(10)12-13(9)5-7/h3-6H,1-2H3. The van der Waals surface area contributed by atoms with Crippen molar-refractivity contribution in [2.75, 3.05) is 0 Å². The molecule has 0 aromatic carbocycles. The first-order valence-electron chi connectivity index (χ1n) is 4.17. The summed E-state index contributed by atoms with van der Waals surface area (Å²) in [7, 11) is 0. The minimum absolute atomic E-state index is 0.486. The van der Waals surface area contributed by atoms with E-state index in [-0.39, 0.29) is 0 Å². The van der Waals surface area contributed by atoms with Gasteiger partial charge in [-0.2, -0.15) is 5.10 Å². The van der Waals surface area contributed by atoms with Crippen LogP contribution in [-0.4, -0.2) is 14.6 Å². The lowest BCUT2D eigenvalue weighted by molar-refractivity contribution is 0.819. The van der Waals surface area contributed by atoms with E-state index in [1.807, 2.05) is 18.5 Å². The Morgan fingerprint density at radius 1 is 1.46 bits per heavy atom. The second kappa shape index (κ2) is 3.10. The van der Waals surface area contributed by atoms with Gasteiger partial charge in [-0.3, -0.25) is 0 Å². The molecule has 0 aliphatic rings. The van der Waals surface area contributed by atoms with E-state index < -0.39 is 0 Å². The molecular formula is C9H10BrN3. The van der Waals surface area contributed by atoms with Gasteiger partial charge in [-0.15, -0.1) is 0 Å². The van der Waals surface area contributed by atoms with Crippen molar-refractivity contribution in [3.63, 3.8) is 0 Å². The van der Waals surface area contributed by atoms with Crippen LogP contribution in [-0.2, 0) is 0 Å². The first-order valence-corrected chi connectivity index (χ1v) is 4.97. The number of fused-ring (bicyclic) bond motifs is 1. The second-order valence-corrected chi connectivity index (χ2v) is 4.12. The van der Waals surface area contributed by atoms with Gasteiger partial charge < -0.3 is 0 Å². The van der Waals surface area contributed by atoms with Crippen LogP contribution < -0.4 is 0 Å². The molecule has 13 heavy (non-hydrogen) atoms. The Kier molecular flexibility index (Phi) is 2.07. The van der Waals surface area contributed by atoms with Crippen LogP contribution in [0.5, 0.6) is 0 Å². The molecule has 0 aliphatic heterocycles. The van der Waals surface area contributed by atoms with Crippen LogP contribution in [0.2, 0.25) is 0 Å². The van der Waals surface area contributed by atoms with Crippen molar-refractivity contribution in [1.82, 2.24) is 14.6 Å². The van der Waals surface area contributed by atoms with Crippen LogP contribution >= 0.6 is 15.9 Å². The Balaban J connectivity index is 2.61. The molecule has 0 fully saturated rings. The molecular weight excluding hydrogens is 230 g/mol. The Morgan fingerprint density at radius 2 is 2.23 bits per heavy atom. The van der Waals surface area contributed by atoms with E-state index in [9.17, 15) is 0 Å². The molecule has 0 amide bonds. The van der Waals surface area contributed by atoms with Gasteiger partial charge in [-0.1, -0.05) is 13.8 Å². The average molecular weight is 240 g/mol. The monoisotopic (exact) mass is 239 g/mol. The summed E-state index contributed by atoms with van der Waals surface area (Å²) in [5.74, 6) is 0.486. The zero-order chi connectivity index (χ0) is 9.42. The Bertz CT molecular complexity index is 433. The first-order chi connectivity index (χ1) is 6.16. The number of hydrogen-bond donors (Lipinski definition) is 0. The number of halogens is 1. The van der Waals surface area contributed by atoms with Gasteiger partial charge in [0.1, 0.15) is 4.60 Å². The lowest BCUT2D eigenvalue weighted by Crippen LogP contribution is -1.95. The normalized spacial score (nSPS) is 11.4. The first kappa shape index (κ1) is 8.69. The van der Waals surface area contributed by atoms with Gasteiger partial charge in [-0.25, -0.2) is 9.50 Å². The van der Waals surface area contributed by atoms with Crippen molar-refractivity contribution >= 4 is 21.6 Å². The lowest BCUT2D eigenvalue weighted by atomic mass is 10.1. The fourth-order valence-electron chi connectivity index (χ4n) is 1.16.